The number of likely N-dealkylation sites (N-methyl/N-ethyl adjacent to an activating group) is 1. The summed E-state index contributed by atoms with van der Waals surface area (Å²) >= 11 is 3.29. The van der Waals surface area contributed by atoms with Crippen molar-refractivity contribution < 1.29 is 0 Å². The Bertz CT molecular complexity index is 343. The van der Waals surface area contributed by atoms with Crippen molar-refractivity contribution in [1.82, 2.24) is 19.9 Å². The molecule has 0 atom stereocenters. The molecule has 7 heteroatoms. The normalized spacial score (nSPS) is 18.6. The summed E-state index contributed by atoms with van der Waals surface area (Å²) in [4.78, 5) is 10.6. The van der Waals surface area contributed by atoms with E-state index < -0.39 is 0 Å². The van der Waals surface area contributed by atoms with Gasteiger partial charge in [0.25, 0.3) is 0 Å². The topological polar surface area (TPSA) is 70.3 Å². The molecule has 0 bridgehead atoms. The maximum atomic E-state index is 5.64. The van der Waals surface area contributed by atoms with Crippen molar-refractivity contribution in [3.8, 4) is 0 Å². The third kappa shape index (κ3) is 3.03. The lowest BCUT2D eigenvalue weighted by Crippen LogP contribution is -2.47. The second kappa shape index (κ2) is 4.94. The molecule has 0 radical (unpaired) electrons. The molecule has 2 rings (SSSR count). The Morgan fingerprint density at radius 3 is 2.62 bits per heavy atom. The summed E-state index contributed by atoms with van der Waals surface area (Å²) < 4.78 is 0.691. The molecule has 1 aliphatic rings. The molecule has 1 aromatic rings. The Hall–Kier alpha value is -0.920. The molecule has 1 aromatic heterocycles. The van der Waals surface area contributed by atoms with E-state index in [0.717, 1.165) is 26.2 Å². The minimum atomic E-state index is 0.457. The van der Waals surface area contributed by atoms with E-state index in [0.29, 0.717) is 16.4 Å². The van der Waals surface area contributed by atoms with Crippen LogP contribution in [0.3, 0.4) is 0 Å². The predicted octanol–water partition coefficient (Wildman–Crippen LogP) is 0.396. The van der Waals surface area contributed by atoms with Gasteiger partial charge in [0.1, 0.15) is 10.4 Å². The van der Waals surface area contributed by atoms with Gasteiger partial charge in [0.05, 0.1) is 0 Å². The minimum Gasteiger partial charge on any atom is -0.383 e. The van der Waals surface area contributed by atoms with Crippen LogP contribution in [0.2, 0.25) is 0 Å². The van der Waals surface area contributed by atoms with Gasteiger partial charge < -0.3 is 10.6 Å². The number of aromatic nitrogens is 2. The molecule has 0 aromatic carbocycles. The van der Waals surface area contributed by atoms with Crippen molar-refractivity contribution in [2.24, 2.45) is 0 Å². The Morgan fingerprint density at radius 2 is 2.00 bits per heavy atom. The molecule has 1 fully saturated rings. The highest BCUT2D eigenvalue weighted by Crippen LogP contribution is 2.13. The van der Waals surface area contributed by atoms with Gasteiger partial charge in [-0.05, 0) is 23.0 Å². The molecule has 88 valence electrons. The maximum Gasteiger partial charge on any atom is 0.240 e. The van der Waals surface area contributed by atoms with Crippen molar-refractivity contribution in [1.29, 1.82) is 0 Å². The summed E-state index contributed by atoms with van der Waals surface area (Å²) in [5.74, 6) is 0.995. The van der Waals surface area contributed by atoms with Crippen LogP contribution in [0.4, 0.5) is 11.8 Å². The molecule has 2 heterocycles. The minimum absolute atomic E-state index is 0.457. The second-order valence-corrected chi connectivity index (χ2v) is 4.65. The molecule has 0 unspecified atom stereocenters. The Kier molecular flexibility index (Phi) is 3.57. The summed E-state index contributed by atoms with van der Waals surface area (Å²) in [6.07, 6.45) is 0. The fourth-order valence-electron chi connectivity index (χ4n) is 1.54. The van der Waals surface area contributed by atoms with Crippen LogP contribution in [0.25, 0.3) is 0 Å². The number of hydrogen-bond donors (Lipinski definition) is 2. The van der Waals surface area contributed by atoms with Crippen LogP contribution in [0.5, 0.6) is 0 Å². The molecule has 1 aliphatic heterocycles. The van der Waals surface area contributed by atoms with Crippen molar-refractivity contribution >= 4 is 27.7 Å². The number of rotatable bonds is 2. The van der Waals surface area contributed by atoms with E-state index in [-0.39, 0.29) is 0 Å². The van der Waals surface area contributed by atoms with Crippen LogP contribution in [-0.4, -0.2) is 53.1 Å². The van der Waals surface area contributed by atoms with E-state index >= 15 is 0 Å². The van der Waals surface area contributed by atoms with Gasteiger partial charge in [-0.15, -0.1) is 0 Å². The number of piperazine rings is 1. The first-order valence-electron chi connectivity index (χ1n) is 5.14. The summed E-state index contributed by atoms with van der Waals surface area (Å²) in [6.45, 7) is 3.98. The third-order valence-electron chi connectivity index (χ3n) is 2.48. The second-order valence-electron chi connectivity index (χ2n) is 3.84. The zero-order valence-corrected chi connectivity index (χ0v) is 10.7. The lowest BCUT2D eigenvalue weighted by atomic mass is 10.4. The Morgan fingerprint density at radius 1 is 1.31 bits per heavy atom. The monoisotopic (exact) mass is 286 g/mol. The third-order valence-corrected chi connectivity index (χ3v) is 2.88. The fourth-order valence-corrected chi connectivity index (χ4v) is 1.95. The quantitative estimate of drug-likeness (QED) is 0.767. The average Bonchev–Trinajstić information content (AvgIpc) is 2.20. The van der Waals surface area contributed by atoms with E-state index in [1.807, 2.05) is 0 Å². The highest BCUT2D eigenvalue weighted by atomic mass is 79.9. The molecule has 0 saturated carbocycles. The lowest BCUT2D eigenvalue weighted by Gasteiger charge is -2.32. The molecule has 3 N–H and O–H groups in total. The maximum absolute atomic E-state index is 5.64. The van der Waals surface area contributed by atoms with Gasteiger partial charge in [-0.3, -0.25) is 5.43 Å². The summed E-state index contributed by atoms with van der Waals surface area (Å²) in [7, 11) is 2.12. The van der Waals surface area contributed by atoms with Crippen molar-refractivity contribution in [3.05, 3.63) is 10.7 Å². The molecular weight excluding hydrogens is 272 g/mol. The SMILES string of the molecule is CN1CCN(Nc2nc(N)cc(Br)n2)CC1. The van der Waals surface area contributed by atoms with E-state index in [4.69, 9.17) is 5.73 Å². The van der Waals surface area contributed by atoms with Crippen LogP contribution >= 0.6 is 15.9 Å². The van der Waals surface area contributed by atoms with E-state index in [2.05, 4.69) is 48.3 Å². The summed E-state index contributed by atoms with van der Waals surface area (Å²) in [5.41, 5.74) is 8.80. The Balaban J connectivity index is 1.98. The van der Waals surface area contributed by atoms with Gasteiger partial charge in [0, 0.05) is 32.2 Å². The Labute approximate surface area is 103 Å². The highest BCUT2D eigenvalue weighted by molar-refractivity contribution is 9.10. The molecule has 0 aliphatic carbocycles. The van der Waals surface area contributed by atoms with E-state index in [1.54, 1.807) is 6.07 Å². The van der Waals surface area contributed by atoms with Crippen LogP contribution in [0.1, 0.15) is 0 Å². The molecule has 16 heavy (non-hydrogen) atoms. The van der Waals surface area contributed by atoms with Gasteiger partial charge in [-0.2, -0.15) is 4.98 Å². The predicted molar refractivity (Wildman–Crippen MR) is 66.8 cm³/mol. The molecular formula is C9H15BrN6. The van der Waals surface area contributed by atoms with Crippen LogP contribution < -0.4 is 11.2 Å². The van der Waals surface area contributed by atoms with Gasteiger partial charge >= 0.3 is 0 Å². The largest absolute Gasteiger partial charge is 0.383 e. The first-order chi connectivity index (χ1) is 7.63. The number of nitrogens with two attached hydrogens (primary N) is 1. The van der Waals surface area contributed by atoms with Gasteiger partial charge in [0.2, 0.25) is 5.95 Å². The smallest absolute Gasteiger partial charge is 0.240 e. The highest BCUT2D eigenvalue weighted by Gasteiger charge is 2.14. The van der Waals surface area contributed by atoms with E-state index in [1.165, 1.54) is 0 Å². The van der Waals surface area contributed by atoms with Gasteiger partial charge in [0.15, 0.2) is 0 Å². The molecule has 1 saturated heterocycles. The molecule has 6 nitrogen and oxygen atoms in total. The summed E-state index contributed by atoms with van der Waals surface area (Å²) in [6, 6.07) is 1.68. The van der Waals surface area contributed by atoms with Crippen LogP contribution in [0.15, 0.2) is 10.7 Å². The number of nitrogens with one attached hydrogen (secondary N) is 1. The zero-order chi connectivity index (χ0) is 11.5. The molecule has 0 amide bonds. The first-order valence-corrected chi connectivity index (χ1v) is 5.93. The average molecular weight is 287 g/mol. The van der Waals surface area contributed by atoms with Crippen molar-refractivity contribution in [3.63, 3.8) is 0 Å². The number of nitrogens with zero attached hydrogens (tertiary/aromatic N) is 4. The fraction of sp³-hybridized carbons (Fsp3) is 0.556. The summed E-state index contributed by atoms with van der Waals surface area (Å²) in [5, 5.41) is 2.10. The zero-order valence-electron chi connectivity index (χ0n) is 9.15. The van der Waals surface area contributed by atoms with Gasteiger partial charge in [-0.25, -0.2) is 9.99 Å². The van der Waals surface area contributed by atoms with Crippen LogP contribution in [-0.2, 0) is 0 Å². The number of hydrogen-bond acceptors (Lipinski definition) is 6. The van der Waals surface area contributed by atoms with E-state index in [9.17, 15) is 0 Å². The number of anilines is 2. The van der Waals surface area contributed by atoms with Gasteiger partial charge in [-0.1, -0.05) is 0 Å². The van der Waals surface area contributed by atoms with Crippen LogP contribution in [0, 0.1) is 0 Å². The van der Waals surface area contributed by atoms with Crippen molar-refractivity contribution in [2.75, 3.05) is 44.4 Å². The number of hydrazine groups is 1. The first kappa shape index (κ1) is 11.6. The lowest BCUT2D eigenvalue weighted by molar-refractivity contribution is 0.178. The number of halogens is 1. The number of nitrogen functional groups attached to an aromatic ring is 1. The molecule has 0 spiro atoms. The standard InChI is InChI=1S/C9H15BrN6/c1-15-2-4-16(5-3-15)14-9-12-7(10)6-8(11)13-9/h6H,2-5H2,1H3,(H3,11,12,13,14). The van der Waals surface area contributed by atoms with Crippen molar-refractivity contribution in [2.45, 2.75) is 0 Å².